The molecule has 7 nitrogen and oxygen atoms in total. The molecule has 0 radical (unpaired) electrons. The second-order valence-corrected chi connectivity index (χ2v) is 13.3. The van der Waals surface area contributed by atoms with Crippen LogP contribution in [0.4, 0.5) is 0 Å². The van der Waals surface area contributed by atoms with Crippen molar-refractivity contribution in [2.24, 2.45) is 11.3 Å². The standard InChI is InChI=1S/C27H41N3O4S/c1-20-6-10-23(11-7-20)35(33,34)30-24(22-8-9-22)4-3-5-25(30)27(12-13-27)18-26(32)29-15-14-28(16-17-31)21(2)19-29/h6-7,10-11,21-22,24-25,31H,3-5,8-9,12-19H2,1-2H3/t21-,24-,25+/m0/s1. The molecule has 0 aromatic heterocycles. The number of aliphatic hydroxyl groups excluding tert-OH is 1. The number of aliphatic hydroxyl groups is 1. The second-order valence-electron chi connectivity index (χ2n) is 11.5. The van der Waals surface area contributed by atoms with Crippen LogP contribution in [0.2, 0.25) is 0 Å². The van der Waals surface area contributed by atoms with Crippen molar-refractivity contribution in [3.63, 3.8) is 0 Å². The van der Waals surface area contributed by atoms with E-state index in [-0.39, 0.29) is 36.1 Å². The molecular weight excluding hydrogens is 462 g/mol. The van der Waals surface area contributed by atoms with Gasteiger partial charge in [-0.25, -0.2) is 8.42 Å². The minimum atomic E-state index is -3.63. The number of nitrogens with zero attached hydrogens (tertiary/aromatic N) is 3. The number of aryl methyl sites for hydroxylation is 1. The maximum Gasteiger partial charge on any atom is 0.243 e. The van der Waals surface area contributed by atoms with Gasteiger partial charge in [0.2, 0.25) is 15.9 Å². The Labute approximate surface area is 210 Å². The fraction of sp³-hybridized carbons (Fsp3) is 0.741. The number of hydrogen-bond donors (Lipinski definition) is 1. The molecule has 4 aliphatic rings. The fourth-order valence-corrected chi connectivity index (χ4v) is 8.59. The first kappa shape index (κ1) is 25.2. The molecular formula is C27H41N3O4S. The van der Waals surface area contributed by atoms with Gasteiger partial charge in [0.05, 0.1) is 11.5 Å². The smallest absolute Gasteiger partial charge is 0.243 e. The van der Waals surface area contributed by atoms with Crippen molar-refractivity contribution >= 4 is 15.9 Å². The number of benzene rings is 1. The average Bonchev–Trinajstić information content (AvgIpc) is 3.76. The Bertz CT molecular complexity index is 1020. The largest absolute Gasteiger partial charge is 0.395 e. The predicted octanol–water partition coefficient (Wildman–Crippen LogP) is 3.01. The molecule has 1 aromatic carbocycles. The molecule has 3 atom stereocenters. The Kier molecular flexibility index (Phi) is 7.03. The van der Waals surface area contributed by atoms with Crippen LogP contribution in [0.5, 0.6) is 0 Å². The van der Waals surface area contributed by atoms with Gasteiger partial charge in [0.1, 0.15) is 0 Å². The van der Waals surface area contributed by atoms with Crippen LogP contribution < -0.4 is 0 Å². The average molecular weight is 504 g/mol. The second kappa shape index (κ2) is 9.77. The summed E-state index contributed by atoms with van der Waals surface area (Å²) in [6.45, 7) is 7.00. The Morgan fingerprint density at radius 3 is 2.40 bits per heavy atom. The fourth-order valence-electron chi connectivity index (χ4n) is 6.57. The zero-order valence-corrected chi connectivity index (χ0v) is 22.0. The third-order valence-corrected chi connectivity index (χ3v) is 10.9. The highest BCUT2D eigenvalue weighted by Gasteiger charge is 2.58. The van der Waals surface area contributed by atoms with Crippen LogP contribution >= 0.6 is 0 Å². The van der Waals surface area contributed by atoms with E-state index in [0.29, 0.717) is 36.9 Å². The molecule has 2 heterocycles. The minimum Gasteiger partial charge on any atom is -0.395 e. The van der Waals surface area contributed by atoms with E-state index in [4.69, 9.17) is 0 Å². The van der Waals surface area contributed by atoms with Crippen LogP contribution in [0.1, 0.15) is 63.9 Å². The third-order valence-electron chi connectivity index (χ3n) is 8.98. The minimum absolute atomic E-state index is 0.0645. The molecule has 1 amide bonds. The van der Waals surface area contributed by atoms with Gasteiger partial charge in [-0.05, 0) is 75.8 Å². The molecule has 0 unspecified atom stereocenters. The van der Waals surface area contributed by atoms with Crippen molar-refractivity contribution in [2.75, 3.05) is 32.8 Å². The summed E-state index contributed by atoms with van der Waals surface area (Å²) in [4.78, 5) is 18.1. The van der Waals surface area contributed by atoms with Crippen molar-refractivity contribution in [3.05, 3.63) is 29.8 Å². The highest BCUT2D eigenvalue weighted by Crippen LogP contribution is 2.58. The van der Waals surface area contributed by atoms with Gasteiger partial charge >= 0.3 is 0 Å². The van der Waals surface area contributed by atoms with E-state index in [2.05, 4.69) is 11.8 Å². The number of piperazine rings is 1. The number of carbonyl (C=O) groups is 1. The number of hydrogen-bond acceptors (Lipinski definition) is 5. The Balaban J connectivity index is 1.37. The lowest BCUT2D eigenvalue weighted by Gasteiger charge is -2.46. The number of rotatable bonds is 8. The van der Waals surface area contributed by atoms with Crippen molar-refractivity contribution in [2.45, 2.75) is 88.2 Å². The molecule has 0 spiro atoms. The Morgan fingerprint density at radius 2 is 1.80 bits per heavy atom. The molecule has 1 N–H and O–H groups in total. The molecule has 194 valence electrons. The topological polar surface area (TPSA) is 81.2 Å². The summed E-state index contributed by atoms with van der Waals surface area (Å²) < 4.78 is 30.0. The van der Waals surface area contributed by atoms with E-state index in [1.807, 2.05) is 28.3 Å². The molecule has 4 fully saturated rings. The summed E-state index contributed by atoms with van der Waals surface area (Å²) in [5.41, 5.74) is 0.823. The molecule has 2 aliphatic carbocycles. The number of β-amino-alcohol motifs (C(OH)–C–C–N with tert-alkyl or cyclic N) is 1. The van der Waals surface area contributed by atoms with E-state index < -0.39 is 10.0 Å². The van der Waals surface area contributed by atoms with Crippen LogP contribution in [-0.4, -0.2) is 84.4 Å². The van der Waals surface area contributed by atoms with Crippen LogP contribution in [0.15, 0.2) is 29.2 Å². The number of carbonyl (C=O) groups excluding carboxylic acids is 1. The van der Waals surface area contributed by atoms with Gasteiger partial charge < -0.3 is 10.0 Å². The molecule has 35 heavy (non-hydrogen) atoms. The highest BCUT2D eigenvalue weighted by atomic mass is 32.2. The number of amides is 1. The van der Waals surface area contributed by atoms with Crippen LogP contribution in [-0.2, 0) is 14.8 Å². The molecule has 2 saturated carbocycles. The van der Waals surface area contributed by atoms with E-state index in [9.17, 15) is 18.3 Å². The predicted molar refractivity (Wildman–Crippen MR) is 135 cm³/mol. The van der Waals surface area contributed by atoms with E-state index in [1.54, 1.807) is 12.1 Å². The summed E-state index contributed by atoms with van der Waals surface area (Å²) in [5.74, 6) is 0.629. The maximum atomic E-state index is 14.1. The van der Waals surface area contributed by atoms with Gasteiger partial charge in [-0.15, -0.1) is 0 Å². The zero-order valence-electron chi connectivity index (χ0n) is 21.2. The lowest BCUT2D eigenvalue weighted by Crippen LogP contribution is -2.56. The van der Waals surface area contributed by atoms with Crippen LogP contribution in [0.25, 0.3) is 0 Å². The molecule has 2 saturated heterocycles. The number of piperidine rings is 1. The maximum absolute atomic E-state index is 14.1. The normalized spacial score (nSPS) is 29.8. The quantitative estimate of drug-likeness (QED) is 0.590. The van der Waals surface area contributed by atoms with Crippen molar-refractivity contribution in [3.8, 4) is 0 Å². The first-order valence-corrected chi connectivity index (χ1v) is 14.9. The Morgan fingerprint density at radius 1 is 1.09 bits per heavy atom. The summed E-state index contributed by atoms with van der Waals surface area (Å²) >= 11 is 0. The van der Waals surface area contributed by atoms with Gasteiger partial charge in [0.25, 0.3) is 0 Å². The monoisotopic (exact) mass is 503 g/mol. The van der Waals surface area contributed by atoms with Gasteiger partial charge in [0.15, 0.2) is 0 Å². The van der Waals surface area contributed by atoms with E-state index in [0.717, 1.165) is 57.1 Å². The summed E-state index contributed by atoms with van der Waals surface area (Å²) in [7, 11) is -3.63. The zero-order chi connectivity index (χ0) is 24.8. The summed E-state index contributed by atoms with van der Waals surface area (Å²) in [6, 6.07) is 7.45. The van der Waals surface area contributed by atoms with E-state index >= 15 is 0 Å². The first-order chi connectivity index (χ1) is 16.7. The molecule has 0 bridgehead atoms. The van der Waals surface area contributed by atoms with E-state index in [1.165, 1.54) is 0 Å². The Hall–Kier alpha value is -1.48. The summed E-state index contributed by atoms with van der Waals surface area (Å²) in [6.07, 6.45) is 7.35. The van der Waals surface area contributed by atoms with Crippen LogP contribution in [0.3, 0.4) is 0 Å². The third kappa shape index (κ3) is 5.04. The van der Waals surface area contributed by atoms with Gasteiger partial charge in [-0.2, -0.15) is 4.31 Å². The van der Waals surface area contributed by atoms with Gasteiger partial charge in [0, 0.05) is 50.7 Å². The molecule has 1 aromatic rings. The molecule has 5 rings (SSSR count). The van der Waals surface area contributed by atoms with Gasteiger partial charge in [-0.1, -0.05) is 24.1 Å². The molecule has 8 heteroatoms. The van der Waals surface area contributed by atoms with Crippen molar-refractivity contribution < 1.29 is 18.3 Å². The van der Waals surface area contributed by atoms with Crippen molar-refractivity contribution in [1.29, 1.82) is 0 Å². The number of sulfonamides is 1. The van der Waals surface area contributed by atoms with Gasteiger partial charge in [-0.3, -0.25) is 9.69 Å². The SMILES string of the molecule is Cc1ccc(S(=O)(=O)N2[C@H](C3CC3)CCC[C@@H]2C2(CC(=O)N3CCN(CCO)[C@@H](C)C3)CC2)cc1. The van der Waals surface area contributed by atoms with Crippen LogP contribution in [0, 0.1) is 18.3 Å². The lowest BCUT2D eigenvalue weighted by molar-refractivity contribution is -0.136. The first-order valence-electron chi connectivity index (χ1n) is 13.5. The highest BCUT2D eigenvalue weighted by molar-refractivity contribution is 7.89. The lowest BCUT2D eigenvalue weighted by atomic mass is 9.83. The summed E-state index contributed by atoms with van der Waals surface area (Å²) in [5, 5.41) is 9.29. The van der Waals surface area contributed by atoms with Crippen molar-refractivity contribution in [1.82, 2.24) is 14.1 Å². The molecule has 2 aliphatic heterocycles.